The number of nitrogen functional groups attached to an aromatic ring is 1. The number of nitrogens with one attached hydrogen (secondary N) is 1. The Balaban J connectivity index is 1.86. The number of amides is 1. The number of anilines is 1. The Kier molecular flexibility index (Phi) is 9.66. The number of benzene rings is 2. The standard InChI is InChI=1S/C24H32N2O6/c1-5-29-20-10-7-17(13-22(20)30-6-2)11-12-26-23(27)15-31-21-14-18(8-9-19(21)25)24(28)32-16(3)4/h7-10,13-14,16H,5-6,11-12,15,25H2,1-4H3,(H,26,27). The number of rotatable bonds is 12. The molecule has 174 valence electrons. The molecule has 3 N–H and O–H groups in total. The highest BCUT2D eigenvalue weighted by molar-refractivity contribution is 5.91. The van der Waals surface area contributed by atoms with Crippen molar-refractivity contribution in [3.8, 4) is 17.2 Å². The van der Waals surface area contributed by atoms with Crippen molar-refractivity contribution >= 4 is 17.6 Å². The third-order valence-corrected chi connectivity index (χ3v) is 4.29. The predicted molar refractivity (Wildman–Crippen MR) is 122 cm³/mol. The van der Waals surface area contributed by atoms with Gasteiger partial charge in [-0.25, -0.2) is 4.79 Å². The third kappa shape index (κ3) is 7.68. The summed E-state index contributed by atoms with van der Waals surface area (Å²) in [5.74, 6) is 0.873. The Morgan fingerprint density at radius 3 is 2.34 bits per heavy atom. The van der Waals surface area contributed by atoms with Crippen LogP contribution in [-0.2, 0) is 16.0 Å². The van der Waals surface area contributed by atoms with Gasteiger partial charge in [0.25, 0.3) is 5.91 Å². The van der Waals surface area contributed by atoms with Crippen molar-refractivity contribution in [2.45, 2.75) is 40.2 Å². The lowest BCUT2D eigenvalue weighted by molar-refractivity contribution is -0.123. The van der Waals surface area contributed by atoms with E-state index in [-0.39, 0.29) is 24.4 Å². The first kappa shape index (κ1) is 24.8. The second-order valence-electron chi connectivity index (χ2n) is 7.24. The van der Waals surface area contributed by atoms with Crippen molar-refractivity contribution in [3.63, 3.8) is 0 Å². The number of hydrogen-bond acceptors (Lipinski definition) is 7. The first-order chi connectivity index (χ1) is 15.3. The van der Waals surface area contributed by atoms with Gasteiger partial charge in [0.05, 0.1) is 30.6 Å². The third-order valence-electron chi connectivity index (χ3n) is 4.29. The van der Waals surface area contributed by atoms with Crippen LogP contribution in [0.25, 0.3) is 0 Å². The molecule has 0 bridgehead atoms. The van der Waals surface area contributed by atoms with Crippen LogP contribution in [0.3, 0.4) is 0 Å². The van der Waals surface area contributed by atoms with Crippen LogP contribution in [0.2, 0.25) is 0 Å². The zero-order valence-corrected chi connectivity index (χ0v) is 19.1. The molecule has 1 amide bonds. The highest BCUT2D eigenvalue weighted by atomic mass is 16.5. The quantitative estimate of drug-likeness (QED) is 0.382. The minimum atomic E-state index is -0.476. The van der Waals surface area contributed by atoms with Crippen molar-refractivity contribution in [2.24, 2.45) is 0 Å². The monoisotopic (exact) mass is 444 g/mol. The summed E-state index contributed by atoms with van der Waals surface area (Å²) < 4.78 is 21.9. The van der Waals surface area contributed by atoms with Gasteiger partial charge in [0.1, 0.15) is 5.75 Å². The molecule has 8 nitrogen and oxygen atoms in total. The number of carbonyl (C=O) groups is 2. The van der Waals surface area contributed by atoms with Gasteiger partial charge in [0, 0.05) is 6.54 Å². The Bertz CT molecular complexity index is 913. The number of ether oxygens (including phenoxy) is 4. The SMILES string of the molecule is CCOc1ccc(CCNC(=O)COc2cc(C(=O)OC(C)C)ccc2N)cc1OCC. The fourth-order valence-electron chi connectivity index (χ4n) is 2.86. The second-order valence-corrected chi connectivity index (χ2v) is 7.24. The van der Waals surface area contributed by atoms with E-state index in [1.165, 1.54) is 6.07 Å². The van der Waals surface area contributed by atoms with E-state index >= 15 is 0 Å². The number of hydrogen-bond donors (Lipinski definition) is 2. The molecule has 2 aromatic carbocycles. The molecular weight excluding hydrogens is 412 g/mol. The molecule has 32 heavy (non-hydrogen) atoms. The second kappa shape index (κ2) is 12.4. The molecule has 0 saturated heterocycles. The lowest BCUT2D eigenvalue weighted by Crippen LogP contribution is -2.30. The fraction of sp³-hybridized carbons (Fsp3) is 0.417. The summed E-state index contributed by atoms with van der Waals surface area (Å²) in [6.07, 6.45) is 0.381. The first-order valence-electron chi connectivity index (χ1n) is 10.7. The van der Waals surface area contributed by atoms with Crippen molar-refractivity contribution in [3.05, 3.63) is 47.5 Å². The van der Waals surface area contributed by atoms with Crippen molar-refractivity contribution in [2.75, 3.05) is 32.1 Å². The van der Waals surface area contributed by atoms with Gasteiger partial charge in [-0.2, -0.15) is 0 Å². The summed E-state index contributed by atoms with van der Waals surface area (Å²) in [6.45, 7) is 8.67. The van der Waals surface area contributed by atoms with E-state index < -0.39 is 5.97 Å². The predicted octanol–water partition coefficient (Wildman–Crippen LogP) is 3.37. The molecule has 2 aromatic rings. The van der Waals surface area contributed by atoms with Crippen LogP contribution in [-0.4, -0.2) is 44.3 Å². The van der Waals surface area contributed by atoms with Crippen LogP contribution in [0.1, 0.15) is 43.6 Å². The minimum Gasteiger partial charge on any atom is -0.490 e. The molecule has 0 saturated carbocycles. The van der Waals surface area contributed by atoms with Crippen LogP contribution >= 0.6 is 0 Å². The van der Waals surface area contributed by atoms with Crippen molar-refractivity contribution < 1.29 is 28.5 Å². The average molecular weight is 445 g/mol. The van der Waals surface area contributed by atoms with Gasteiger partial charge in [-0.15, -0.1) is 0 Å². The van der Waals surface area contributed by atoms with Gasteiger partial charge in [-0.05, 0) is 70.0 Å². The van der Waals surface area contributed by atoms with Gasteiger partial charge < -0.3 is 30.0 Å². The van der Waals surface area contributed by atoms with E-state index in [9.17, 15) is 9.59 Å². The lowest BCUT2D eigenvalue weighted by atomic mass is 10.1. The average Bonchev–Trinajstić information content (AvgIpc) is 2.74. The summed E-state index contributed by atoms with van der Waals surface area (Å²) in [5.41, 5.74) is 7.55. The minimum absolute atomic E-state index is 0.222. The molecule has 0 atom stereocenters. The van der Waals surface area contributed by atoms with E-state index in [0.717, 1.165) is 5.56 Å². The maximum Gasteiger partial charge on any atom is 0.338 e. The molecule has 0 aromatic heterocycles. The first-order valence-corrected chi connectivity index (χ1v) is 10.7. The van der Waals surface area contributed by atoms with E-state index in [1.807, 2.05) is 32.0 Å². The molecule has 0 aliphatic carbocycles. The summed E-state index contributed by atoms with van der Waals surface area (Å²) in [5, 5.41) is 2.81. The Hall–Kier alpha value is -3.42. The Morgan fingerprint density at radius 1 is 0.938 bits per heavy atom. The topological polar surface area (TPSA) is 109 Å². The van der Waals surface area contributed by atoms with E-state index in [2.05, 4.69) is 5.32 Å². The molecule has 0 heterocycles. The fourth-order valence-corrected chi connectivity index (χ4v) is 2.86. The van der Waals surface area contributed by atoms with Crippen LogP contribution in [0, 0.1) is 0 Å². The van der Waals surface area contributed by atoms with Gasteiger partial charge in [-0.1, -0.05) is 6.07 Å². The summed E-state index contributed by atoms with van der Waals surface area (Å²) >= 11 is 0. The molecule has 0 aliphatic heterocycles. The lowest BCUT2D eigenvalue weighted by Gasteiger charge is -2.13. The maximum absolute atomic E-state index is 12.2. The highest BCUT2D eigenvalue weighted by Crippen LogP contribution is 2.28. The zero-order chi connectivity index (χ0) is 23.5. The van der Waals surface area contributed by atoms with Gasteiger partial charge in [0.2, 0.25) is 0 Å². The van der Waals surface area contributed by atoms with Gasteiger partial charge >= 0.3 is 5.97 Å². The number of nitrogens with two attached hydrogens (primary N) is 1. The molecule has 8 heteroatoms. The molecule has 0 fully saturated rings. The molecule has 0 spiro atoms. The van der Waals surface area contributed by atoms with E-state index in [0.29, 0.717) is 48.9 Å². The molecule has 0 unspecified atom stereocenters. The van der Waals surface area contributed by atoms with E-state index in [4.69, 9.17) is 24.7 Å². The summed E-state index contributed by atoms with van der Waals surface area (Å²) in [4.78, 5) is 24.2. The Morgan fingerprint density at radius 2 is 1.66 bits per heavy atom. The Labute approximate surface area is 189 Å². The van der Waals surface area contributed by atoms with E-state index in [1.54, 1.807) is 26.0 Å². The van der Waals surface area contributed by atoms with Crippen LogP contribution < -0.4 is 25.3 Å². The van der Waals surface area contributed by atoms with Crippen LogP contribution in [0.4, 0.5) is 5.69 Å². The summed E-state index contributed by atoms with van der Waals surface area (Å²) in [6, 6.07) is 10.3. The summed E-state index contributed by atoms with van der Waals surface area (Å²) in [7, 11) is 0. The van der Waals surface area contributed by atoms with Crippen molar-refractivity contribution in [1.82, 2.24) is 5.32 Å². The normalized spacial score (nSPS) is 10.5. The highest BCUT2D eigenvalue weighted by Gasteiger charge is 2.13. The largest absolute Gasteiger partial charge is 0.490 e. The van der Waals surface area contributed by atoms with Crippen LogP contribution in [0.15, 0.2) is 36.4 Å². The van der Waals surface area contributed by atoms with Crippen molar-refractivity contribution in [1.29, 1.82) is 0 Å². The van der Waals surface area contributed by atoms with Gasteiger partial charge in [0.15, 0.2) is 18.1 Å². The molecule has 0 radical (unpaired) electrons. The molecule has 0 aliphatic rings. The maximum atomic E-state index is 12.2. The molecule has 2 rings (SSSR count). The number of esters is 1. The smallest absolute Gasteiger partial charge is 0.338 e. The van der Waals surface area contributed by atoms with Crippen LogP contribution in [0.5, 0.6) is 17.2 Å². The number of carbonyl (C=O) groups excluding carboxylic acids is 2. The molecular formula is C24H32N2O6. The zero-order valence-electron chi connectivity index (χ0n) is 19.1. The van der Waals surface area contributed by atoms with Gasteiger partial charge in [-0.3, -0.25) is 4.79 Å².